The molecule has 0 atom stereocenters. The van der Waals surface area contributed by atoms with Gasteiger partial charge in [0.1, 0.15) is 18.1 Å². The van der Waals surface area contributed by atoms with Crippen molar-refractivity contribution in [3.8, 4) is 5.75 Å². The molecule has 0 aliphatic carbocycles. The summed E-state index contributed by atoms with van der Waals surface area (Å²) in [6, 6.07) is 11.1. The summed E-state index contributed by atoms with van der Waals surface area (Å²) in [5.41, 5.74) is 3.55. The second-order valence-corrected chi connectivity index (χ2v) is 9.46. The lowest BCUT2D eigenvalue weighted by atomic mass is 10.1. The molecule has 0 saturated carbocycles. The molecule has 5 rings (SSSR count). The number of carbonyl (C=O) groups is 1. The standard InChI is InChI=1S/C27H30ClN7O3/c1-18-24-22(33-25(18)27(36)30-9-4-10-35-11-13-37-14-12-35)16-31-34-26(24)32-19-6-7-23(21(28)15-19)38-17-20-5-2-3-8-29-20/h2-3,5-8,15-16,33H,4,9-14,17H2,1H3,(H,30,36)(H,32,34). The van der Waals surface area contributed by atoms with Crippen LogP contribution >= 0.6 is 11.6 Å². The van der Waals surface area contributed by atoms with E-state index in [0.717, 1.165) is 67.1 Å². The van der Waals surface area contributed by atoms with Crippen LogP contribution in [-0.2, 0) is 11.3 Å². The van der Waals surface area contributed by atoms with Crippen molar-refractivity contribution in [2.45, 2.75) is 20.0 Å². The van der Waals surface area contributed by atoms with Crippen LogP contribution < -0.4 is 15.4 Å². The molecular formula is C27H30ClN7O3. The minimum Gasteiger partial charge on any atom is -0.486 e. The molecule has 4 heterocycles. The smallest absolute Gasteiger partial charge is 0.268 e. The van der Waals surface area contributed by atoms with Crippen LogP contribution in [0, 0.1) is 6.92 Å². The Hall–Kier alpha value is -3.73. The summed E-state index contributed by atoms with van der Waals surface area (Å²) in [6.45, 7) is 7.18. The van der Waals surface area contributed by atoms with Crippen molar-refractivity contribution >= 4 is 39.9 Å². The van der Waals surface area contributed by atoms with Crippen LogP contribution in [0.5, 0.6) is 5.75 Å². The first-order chi connectivity index (χ1) is 18.6. The van der Waals surface area contributed by atoms with Gasteiger partial charge in [-0.15, -0.1) is 5.10 Å². The molecule has 1 aliphatic rings. The number of hydrogen-bond donors (Lipinski definition) is 3. The van der Waals surface area contributed by atoms with E-state index in [4.69, 9.17) is 21.1 Å². The van der Waals surface area contributed by atoms with Crippen molar-refractivity contribution < 1.29 is 14.3 Å². The lowest BCUT2D eigenvalue weighted by Crippen LogP contribution is -2.38. The maximum atomic E-state index is 12.9. The molecule has 11 heteroatoms. The van der Waals surface area contributed by atoms with E-state index in [9.17, 15) is 4.79 Å². The number of halogens is 1. The topological polar surface area (TPSA) is 117 Å². The molecular weight excluding hydrogens is 506 g/mol. The van der Waals surface area contributed by atoms with Crippen LogP contribution in [0.2, 0.25) is 5.02 Å². The highest BCUT2D eigenvalue weighted by molar-refractivity contribution is 6.32. The highest BCUT2D eigenvalue weighted by Gasteiger charge is 2.19. The Morgan fingerprint density at radius 1 is 1.24 bits per heavy atom. The average Bonchev–Trinajstić information content (AvgIpc) is 3.29. The number of nitrogens with zero attached hydrogens (tertiary/aromatic N) is 4. The van der Waals surface area contributed by atoms with Gasteiger partial charge in [-0.3, -0.25) is 14.7 Å². The molecule has 1 aromatic carbocycles. The zero-order valence-electron chi connectivity index (χ0n) is 21.2. The number of nitrogens with one attached hydrogen (secondary N) is 3. The van der Waals surface area contributed by atoms with Gasteiger partial charge in [0.15, 0.2) is 5.82 Å². The molecule has 10 nitrogen and oxygen atoms in total. The summed E-state index contributed by atoms with van der Waals surface area (Å²) in [5, 5.41) is 15.9. The molecule has 4 aromatic rings. The molecule has 3 aromatic heterocycles. The van der Waals surface area contributed by atoms with Crippen LogP contribution in [0.3, 0.4) is 0 Å². The third kappa shape index (κ3) is 6.21. The van der Waals surface area contributed by atoms with Gasteiger partial charge < -0.3 is 25.1 Å². The van der Waals surface area contributed by atoms with E-state index in [1.54, 1.807) is 24.5 Å². The number of pyridine rings is 1. The molecule has 1 fully saturated rings. The van der Waals surface area contributed by atoms with Crippen molar-refractivity contribution in [3.05, 3.63) is 70.8 Å². The summed E-state index contributed by atoms with van der Waals surface area (Å²) in [4.78, 5) is 22.7. The molecule has 1 amide bonds. The number of aryl methyl sites for hydroxylation is 1. The quantitative estimate of drug-likeness (QED) is 0.260. The van der Waals surface area contributed by atoms with Gasteiger partial charge in [-0.2, -0.15) is 5.10 Å². The number of aromatic nitrogens is 4. The van der Waals surface area contributed by atoms with E-state index in [0.29, 0.717) is 35.4 Å². The van der Waals surface area contributed by atoms with Crippen molar-refractivity contribution in [1.29, 1.82) is 0 Å². The number of fused-ring (bicyclic) bond motifs is 1. The zero-order valence-corrected chi connectivity index (χ0v) is 21.9. The van der Waals surface area contributed by atoms with Gasteiger partial charge in [-0.25, -0.2) is 0 Å². The summed E-state index contributed by atoms with van der Waals surface area (Å²) in [5.74, 6) is 0.933. The number of amides is 1. The maximum absolute atomic E-state index is 12.9. The number of rotatable bonds is 10. The van der Waals surface area contributed by atoms with Crippen LogP contribution in [0.4, 0.5) is 11.5 Å². The monoisotopic (exact) mass is 535 g/mol. The predicted octanol–water partition coefficient (Wildman–Crippen LogP) is 4.09. The minimum absolute atomic E-state index is 0.149. The van der Waals surface area contributed by atoms with E-state index < -0.39 is 0 Å². The van der Waals surface area contributed by atoms with Crippen molar-refractivity contribution in [1.82, 2.24) is 30.4 Å². The molecule has 3 N–H and O–H groups in total. The Labute approximate surface area is 225 Å². The van der Waals surface area contributed by atoms with E-state index >= 15 is 0 Å². The summed E-state index contributed by atoms with van der Waals surface area (Å²) >= 11 is 6.48. The first-order valence-electron chi connectivity index (χ1n) is 12.6. The second kappa shape index (κ2) is 12.2. The fraction of sp³-hybridized carbons (Fsp3) is 0.333. The van der Waals surface area contributed by atoms with E-state index in [2.05, 4.69) is 35.7 Å². The molecule has 0 spiro atoms. The number of benzene rings is 1. The van der Waals surface area contributed by atoms with Crippen LogP contribution in [-0.4, -0.2) is 70.4 Å². The second-order valence-electron chi connectivity index (χ2n) is 9.05. The predicted molar refractivity (Wildman–Crippen MR) is 146 cm³/mol. The number of H-pyrrole nitrogens is 1. The summed E-state index contributed by atoms with van der Waals surface area (Å²) in [7, 11) is 0. The summed E-state index contributed by atoms with van der Waals surface area (Å²) < 4.78 is 11.2. The fourth-order valence-corrected chi connectivity index (χ4v) is 4.65. The lowest BCUT2D eigenvalue weighted by molar-refractivity contribution is 0.0374. The number of hydrogen-bond acceptors (Lipinski definition) is 8. The minimum atomic E-state index is -0.149. The molecule has 198 valence electrons. The van der Waals surface area contributed by atoms with Crippen molar-refractivity contribution in [2.75, 3.05) is 44.7 Å². The Bertz CT molecular complexity index is 1390. The highest BCUT2D eigenvalue weighted by atomic mass is 35.5. The van der Waals surface area contributed by atoms with Crippen molar-refractivity contribution in [3.63, 3.8) is 0 Å². The zero-order chi connectivity index (χ0) is 26.3. The van der Waals surface area contributed by atoms with Gasteiger partial charge in [0.2, 0.25) is 0 Å². The number of anilines is 2. The normalized spacial score (nSPS) is 13.9. The number of carbonyl (C=O) groups excluding carboxylic acids is 1. The van der Waals surface area contributed by atoms with Crippen LogP contribution in [0.1, 0.15) is 28.2 Å². The van der Waals surface area contributed by atoms with Gasteiger partial charge in [-0.1, -0.05) is 17.7 Å². The molecule has 0 radical (unpaired) electrons. The third-order valence-corrected chi connectivity index (χ3v) is 6.72. The van der Waals surface area contributed by atoms with Gasteiger partial charge >= 0.3 is 0 Å². The van der Waals surface area contributed by atoms with Crippen LogP contribution in [0.25, 0.3) is 10.9 Å². The van der Waals surface area contributed by atoms with Gasteiger partial charge in [-0.05, 0) is 55.8 Å². The molecule has 1 aliphatic heterocycles. The Morgan fingerprint density at radius 2 is 2.11 bits per heavy atom. The average molecular weight is 536 g/mol. The Morgan fingerprint density at radius 3 is 2.89 bits per heavy atom. The van der Waals surface area contributed by atoms with Crippen LogP contribution in [0.15, 0.2) is 48.8 Å². The largest absolute Gasteiger partial charge is 0.486 e. The van der Waals surface area contributed by atoms with Gasteiger partial charge in [0.05, 0.1) is 35.6 Å². The van der Waals surface area contributed by atoms with E-state index in [1.807, 2.05) is 31.2 Å². The van der Waals surface area contributed by atoms with Crippen molar-refractivity contribution in [2.24, 2.45) is 0 Å². The number of ether oxygens (including phenoxy) is 2. The van der Waals surface area contributed by atoms with Gasteiger partial charge in [0, 0.05) is 36.9 Å². The number of morpholine rings is 1. The third-order valence-electron chi connectivity index (χ3n) is 6.42. The molecule has 0 bridgehead atoms. The summed E-state index contributed by atoms with van der Waals surface area (Å²) in [6.07, 6.45) is 4.22. The Balaban J connectivity index is 1.23. The van der Waals surface area contributed by atoms with E-state index in [1.165, 1.54) is 0 Å². The van der Waals surface area contributed by atoms with Gasteiger partial charge in [0.25, 0.3) is 5.91 Å². The molecule has 0 unspecified atom stereocenters. The SMILES string of the molecule is Cc1c(C(=O)NCCCN2CCOCC2)[nH]c2cnnc(Nc3ccc(OCc4ccccn4)c(Cl)c3)c12. The first-order valence-corrected chi connectivity index (χ1v) is 13.0. The number of aromatic amines is 1. The first kappa shape index (κ1) is 25.9. The maximum Gasteiger partial charge on any atom is 0.268 e. The van der Waals surface area contributed by atoms with E-state index in [-0.39, 0.29) is 5.91 Å². The molecule has 1 saturated heterocycles. The Kier molecular flexibility index (Phi) is 8.32. The highest BCUT2D eigenvalue weighted by Crippen LogP contribution is 2.32. The lowest BCUT2D eigenvalue weighted by Gasteiger charge is -2.26. The fourth-order valence-electron chi connectivity index (χ4n) is 4.41. The molecule has 38 heavy (non-hydrogen) atoms.